The highest BCUT2D eigenvalue weighted by atomic mass is 16.5. The maximum absolute atomic E-state index is 11.4. The Kier molecular flexibility index (Phi) is 9.08. The molecule has 0 aromatic carbocycles. The molecular weight excluding hydrogens is 226 g/mol. The molecule has 0 amide bonds. The molecule has 0 bridgehead atoms. The number of carbonyl (C=O) groups is 1. The van der Waals surface area contributed by atoms with Crippen molar-refractivity contribution in [2.75, 3.05) is 20.2 Å². The van der Waals surface area contributed by atoms with Crippen molar-refractivity contribution < 1.29 is 9.53 Å². The Balaban J connectivity index is 4.28. The van der Waals surface area contributed by atoms with Gasteiger partial charge in [-0.15, -0.1) is 0 Å². The molecule has 0 aliphatic rings. The molecule has 1 atom stereocenters. The molecule has 1 unspecified atom stereocenters. The largest absolute Gasteiger partial charge is 0.469 e. The number of hydrogen-bond donors (Lipinski definition) is 0. The van der Waals surface area contributed by atoms with E-state index < -0.39 is 0 Å². The molecule has 0 heterocycles. The highest BCUT2D eigenvalue weighted by molar-refractivity contribution is 5.69. The second-order valence-electron chi connectivity index (χ2n) is 6.03. The minimum atomic E-state index is -0.110. The Hall–Kier alpha value is -0.570. The molecule has 0 aromatic rings. The first kappa shape index (κ1) is 17.4. The van der Waals surface area contributed by atoms with E-state index in [0.29, 0.717) is 18.3 Å². The van der Waals surface area contributed by atoms with Gasteiger partial charge < -0.3 is 9.64 Å². The first-order valence-corrected chi connectivity index (χ1v) is 7.17. The lowest BCUT2D eigenvalue weighted by Crippen LogP contribution is -2.37. The second-order valence-corrected chi connectivity index (χ2v) is 6.03. The fourth-order valence-electron chi connectivity index (χ4n) is 1.85. The van der Waals surface area contributed by atoms with Crippen LogP contribution in [0.4, 0.5) is 0 Å². The SMILES string of the molecule is COC(=O)CC(C)N(CCC(C)C)CCC(C)C. The zero-order valence-electron chi connectivity index (χ0n) is 13.0. The lowest BCUT2D eigenvalue weighted by molar-refractivity contribution is -0.141. The molecule has 3 nitrogen and oxygen atoms in total. The number of esters is 1. The first-order valence-electron chi connectivity index (χ1n) is 7.17. The maximum atomic E-state index is 11.4. The summed E-state index contributed by atoms with van der Waals surface area (Å²) in [4.78, 5) is 13.8. The van der Waals surface area contributed by atoms with E-state index in [1.807, 2.05) is 0 Å². The van der Waals surface area contributed by atoms with Gasteiger partial charge in [-0.2, -0.15) is 0 Å². The fraction of sp³-hybridized carbons (Fsp3) is 0.933. The predicted molar refractivity (Wildman–Crippen MR) is 76.6 cm³/mol. The predicted octanol–water partition coefficient (Wildman–Crippen LogP) is 3.33. The van der Waals surface area contributed by atoms with Crippen LogP contribution in [0.2, 0.25) is 0 Å². The second kappa shape index (κ2) is 9.37. The van der Waals surface area contributed by atoms with Crippen LogP contribution in [0.25, 0.3) is 0 Å². The average Bonchev–Trinajstić information content (AvgIpc) is 2.27. The van der Waals surface area contributed by atoms with Gasteiger partial charge in [0.15, 0.2) is 0 Å². The molecule has 0 aromatic heterocycles. The van der Waals surface area contributed by atoms with Crippen molar-refractivity contribution in [2.45, 2.75) is 59.9 Å². The van der Waals surface area contributed by atoms with Crippen LogP contribution in [0.3, 0.4) is 0 Å². The van der Waals surface area contributed by atoms with Crippen LogP contribution in [0.15, 0.2) is 0 Å². The monoisotopic (exact) mass is 257 g/mol. The van der Waals surface area contributed by atoms with Gasteiger partial charge in [-0.25, -0.2) is 0 Å². The molecule has 0 aliphatic heterocycles. The van der Waals surface area contributed by atoms with Crippen molar-refractivity contribution in [3.8, 4) is 0 Å². The van der Waals surface area contributed by atoms with Crippen LogP contribution in [0.1, 0.15) is 53.9 Å². The Morgan fingerprint density at radius 3 is 1.78 bits per heavy atom. The lowest BCUT2D eigenvalue weighted by atomic mass is 10.1. The van der Waals surface area contributed by atoms with Crippen molar-refractivity contribution in [3.05, 3.63) is 0 Å². The van der Waals surface area contributed by atoms with Crippen LogP contribution < -0.4 is 0 Å². The van der Waals surface area contributed by atoms with Crippen LogP contribution in [-0.2, 0) is 9.53 Å². The van der Waals surface area contributed by atoms with Gasteiger partial charge in [-0.3, -0.25) is 4.79 Å². The van der Waals surface area contributed by atoms with Gasteiger partial charge in [0.25, 0.3) is 0 Å². The summed E-state index contributed by atoms with van der Waals surface area (Å²) in [5.41, 5.74) is 0. The normalized spacial score (nSPS) is 13.4. The van der Waals surface area contributed by atoms with E-state index in [9.17, 15) is 4.79 Å². The van der Waals surface area contributed by atoms with E-state index in [0.717, 1.165) is 13.1 Å². The van der Waals surface area contributed by atoms with Gasteiger partial charge in [0.2, 0.25) is 0 Å². The van der Waals surface area contributed by atoms with Crippen molar-refractivity contribution in [3.63, 3.8) is 0 Å². The average molecular weight is 257 g/mol. The van der Waals surface area contributed by atoms with Crippen LogP contribution in [0, 0.1) is 11.8 Å². The molecule has 18 heavy (non-hydrogen) atoms. The van der Waals surface area contributed by atoms with Crippen molar-refractivity contribution in [2.24, 2.45) is 11.8 Å². The number of nitrogens with zero attached hydrogens (tertiary/aromatic N) is 1. The fourth-order valence-corrected chi connectivity index (χ4v) is 1.85. The maximum Gasteiger partial charge on any atom is 0.307 e. The van der Waals surface area contributed by atoms with Gasteiger partial charge in [0, 0.05) is 6.04 Å². The van der Waals surface area contributed by atoms with E-state index >= 15 is 0 Å². The number of methoxy groups -OCH3 is 1. The van der Waals surface area contributed by atoms with E-state index in [2.05, 4.69) is 39.5 Å². The molecule has 0 rings (SSSR count). The minimum absolute atomic E-state index is 0.110. The van der Waals surface area contributed by atoms with Gasteiger partial charge in [0.05, 0.1) is 13.5 Å². The Bertz CT molecular complexity index is 215. The number of hydrogen-bond acceptors (Lipinski definition) is 3. The topological polar surface area (TPSA) is 29.5 Å². The summed E-state index contributed by atoms with van der Waals surface area (Å²) in [6.07, 6.45) is 2.86. The molecule has 108 valence electrons. The highest BCUT2D eigenvalue weighted by Crippen LogP contribution is 2.12. The van der Waals surface area contributed by atoms with Crippen molar-refractivity contribution >= 4 is 5.97 Å². The third kappa shape index (κ3) is 8.51. The molecule has 0 saturated carbocycles. The van der Waals surface area contributed by atoms with E-state index in [1.54, 1.807) is 0 Å². The van der Waals surface area contributed by atoms with Crippen LogP contribution >= 0.6 is 0 Å². The molecule has 0 saturated heterocycles. The summed E-state index contributed by atoms with van der Waals surface area (Å²) in [5, 5.41) is 0. The smallest absolute Gasteiger partial charge is 0.307 e. The molecule has 0 N–H and O–H groups in total. The van der Waals surface area contributed by atoms with Crippen molar-refractivity contribution in [1.82, 2.24) is 4.90 Å². The van der Waals surface area contributed by atoms with Crippen LogP contribution in [0.5, 0.6) is 0 Å². The Morgan fingerprint density at radius 2 is 1.44 bits per heavy atom. The van der Waals surface area contributed by atoms with Gasteiger partial charge in [0.1, 0.15) is 0 Å². The van der Waals surface area contributed by atoms with E-state index in [1.165, 1.54) is 20.0 Å². The Labute approximate surface area is 113 Å². The quantitative estimate of drug-likeness (QED) is 0.593. The molecule has 0 spiro atoms. The highest BCUT2D eigenvalue weighted by Gasteiger charge is 2.17. The summed E-state index contributed by atoms with van der Waals surface area (Å²) in [7, 11) is 1.46. The summed E-state index contributed by atoms with van der Waals surface area (Å²) in [6, 6.07) is 0.273. The van der Waals surface area contributed by atoms with Gasteiger partial charge in [-0.05, 0) is 44.7 Å². The van der Waals surface area contributed by atoms with E-state index in [4.69, 9.17) is 4.74 Å². The number of carbonyl (C=O) groups excluding carboxylic acids is 1. The van der Waals surface area contributed by atoms with Crippen LogP contribution in [-0.4, -0.2) is 37.1 Å². The number of rotatable bonds is 9. The zero-order chi connectivity index (χ0) is 14.1. The molecular formula is C15H31NO2. The summed E-state index contributed by atoms with van der Waals surface area (Å²) in [5.74, 6) is 1.30. The first-order chi connectivity index (χ1) is 8.36. The van der Waals surface area contributed by atoms with Gasteiger partial charge in [-0.1, -0.05) is 27.7 Å². The summed E-state index contributed by atoms with van der Waals surface area (Å²) in [6.45, 7) is 13.2. The van der Waals surface area contributed by atoms with Crippen molar-refractivity contribution in [1.29, 1.82) is 0 Å². The summed E-state index contributed by atoms with van der Waals surface area (Å²) < 4.78 is 4.76. The third-order valence-corrected chi connectivity index (χ3v) is 3.30. The molecule has 0 aliphatic carbocycles. The minimum Gasteiger partial charge on any atom is -0.469 e. The zero-order valence-corrected chi connectivity index (χ0v) is 13.0. The number of ether oxygens (including phenoxy) is 1. The van der Waals surface area contributed by atoms with E-state index in [-0.39, 0.29) is 12.0 Å². The third-order valence-electron chi connectivity index (χ3n) is 3.30. The molecule has 0 fully saturated rings. The Morgan fingerprint density at radius 1 is 1.00 bits per heavy atom. The molecule has 3 heteroatoms. The molecule has 0 radical (unpaired) electrons. The summed E-state index contributed by atoms with van der Waals surface area (Å²) >= 11 is 0. The van der Waals surface area contributed by atoms with Gasteiger partial charge >= 0.3 is 5.97 Å². The lowest BCUT2D eigenvalue weighted by Gasteiger charge is -2.29. The standard InChI is InChI=1S/C15H31NO2/c1-12(2)7-9-16(10-8-13(3)4)14(5)11-15(17)18-6/h12-14H,7-11H2,1-6H3.